The fourth-order valence-corrected chi connectivity index (χ4v) is 2.52. The summed E-state index contributed by atoms with van der Waals surface area (Å²) < 4.78 is 11.3. The molecular weight excluding hydrogens is 250 g/mol. The first-order chi connectivity index (χ1) is 9.75. The van der Waals surface area contributed by atoms with Crippen LogP contribution in [-0.4, -0.2) is 19.3 Å². The molecule has 0 saturated carbocycles. The van der Waals surface area contributed by atoms with Gasteiger partial charge in [-0.2, -0.15) is 0 Å². The number of benzene rings is 2. The first-order valence-corrected chi connectivity index (χ1v) is 6.99. The Hall–Kier alpha value is -2.16. The zero-order valence-electron chi connectivity index (χ0n) is 11.9. The number of ether oxygens (including phenoxy) is 2. The Bertz CT molecular complexity index is 581. The van der Waals surface area contributed by atoms with Gasteiger partial charge in [-0.1, -0.05) is 18.2 Å². The summed E-state index contributed by atoms with van der Waals surface area (Å²) in [4.78, 5) is 2.29. The van der Waals surface area contributed by atoms with E-state index in [4.69, 9.17) is 9.47 Å². The maximum absolute atomic E-state index is 5.68. The summed E-state index contributed by atoms with van der Waals surface area (Å²) in [6, 6.07) is 16.9. The minimum absolute atomic E-state index is 0.361. The van der Waals surface area contributed by atoms with Gasteiger partial charge >= 0.3 is 0 Å². The van der Waals surface area contributed by atoms with E-state index in [1.54, 1.807) is 0 Å². The molecule has 0 atom stereocenters. The van der Waals surface area contributed by atoms with Crippen LogP contribution in [0.15, 0.2) is 48.5 Å². The van der Waals surface area contributed by atoms with Crippen molar-refractivity contribution in [3.05, 3.63) is 48.5 Å². The SMILES string of the molecule is CC(C)N(c1ccccc1)c1ccc2c(c1)OCCO2. The average Bonchev–Trinajstić information content (AvgIpc) is 2.48. The molecule has 0 aromatic heterocycles. The third-order valence-electron chi connectivity index (χ3n) is 3.35. The normalized spacial score (nSPS) is 13.3. The molecule has 20 heavy (non-hydrogen) atoms. The molecule has 2 aromatic rings. The highest BCUT2D eigenvalue weighted by Gasteiger charge is 2.17. The number of anilines is 2. The summed E-state index contributed by atoms with van der Waals surface area (Å²) in [7, 11) is 0. The van der Waals surface area contributed by atoms with Gasteiger partial charge in [-0.05, 0) is 38.1 Å². The Morgan fingerprint density at radius 1 is 0.850 bits per heavy atom. The quantitative estimate of drug-likeness (QED) is 0.840. The van der Waals surface area contributed by atoms with Crippen LogP contribution in [0.1, 0.15) is 13.8 Å². The van der Waals surface area contributed by atoms with E-state index in [9.17, 15) is 0 Å². The van der Waals surface area contributed by atoms with Crippen molar-refractivity contribution in [2.75, 3.05) is 18.1 Å². The van der Waals surface area contributed by atoms with Gasteiger partial charge in [-0.3, -0.25) is 0 Å². The van der Waals surface area contributed by atoms with E-state index in [0.717, 1.165) is 17.2 Å². The Labute approximate surface area is 119 Å². The summed E-state index contributed by atoms with van der Waals surface area (Å²) in [5.74, 6) is 1.66. The van der Waals surface area contributed by atoms with Crippen LogP contribution in [0.4, 0.5) is 11.4 Å². The number of para-hydroxylation sites is 1. The van der Waals surface area contributed by atoms with E-state index < -0.39 is 0 Å². The second-order valence-electron chi connectivity index (χ2n) is 5.13. The molecule has 0 fully saturated rings. The van der Waals surface area contributed by atoms with Crippen molar-refractivity contribution in [2.45, 2.75) is 19.9 Å². The van der Waals surface area contributed by atoms with Gasteiger partial charge in [0.15, 0.2) is 11.5 Å². The molecule has 1 aliphatic heterocycles. The molecule has 0 aliphatic carbocycles. The summed E-state index contributed by atoms with van der Waals surface area (Å²) in [5, 5.41) is 0. The minimum atomic E-state index is 0.361. The van der Waals surface area contributed by atoms with E-state index in [2.05, 4.69) is 55.1 Å². The molecule has 1 heterocycles. The van der Waals surface area contributed by atoms with Gasteiger partial charge < -0.3 is 14.4 Å². The van der Waals surface area contributed by atoms with Gasteiger partial charge in [-0.25, -0.2) is 0 Å². The van der Waals surface area contributed by atoms with Crippen LogP contribution in [0.5, 0.6) is 11.5 Å². The maximum Gasteiger partial charge on any atom is 0.163 e. The van der Waals surface area contributed by atoms with Crippen LogP contribution in [0, 0.1) is 0 Å². The van der Waals surface area contributed by atoms with Gasteiger partial charge in [0, 0.05) is 23.5 Å². The Morgan fingerprint density at radius 3 is 2.25 bits per heavy atom. The van der Waals surface area contributed by atoms with Crippen LogP contribution < -0.4 is 14.4 Å². The van der Waals surface area contributed by atoms with Gasteiger partial charge in [0.1, 0.15) is 13.2 Å². The third kappa shape index (κ3) is 2.44. The monoisotopic (exact) mass is 269 g/mol. The van der Waals surface area contributed by atoms with Crippen LogP contribution in [0.3, 0.4) is 0 Å². The van der Waals surface area contributed by atoms with Crippen molar-refractivity contribution in [3.8, 4) is 11.5 Å². The van der Waals surface area contributed by atoms with E-state index in [0.29, 0.717) is 19.3 Å². The first kappa shape index (κ1) is 12.9. The van der Waals surface area contributed by atoms with Crippen LogP contribution in [0.25, 0.3) is 0 Å². The predicted octanol–water partition coefficient (Wildman–Crippen LogP) is 4.00. The molecule has 3 nitrogen and oxygen atoms in total. The fourth-order valence-electron chi connectivity index (χ4n) is 2.52. The van der Waals surface area contributed by atoms with E-state index >= 15 is 0 Å². The minimum Gasteiger partial charge on any atom is -0.486 e. The number of rotatable bonds is 3. The van der Waals surface area contributed by atoms with Gasteiger partial charge in [0.2, 0.25) is 0 Å². The number of fused-ring (bicyclic) bond motifs is 1. The van der Waals surface area contributed by atoms with Gasteiger partial charge in [0.05, 0.1) is 0 Å². The van der Waals surface area contributed by atoms with E-state index in [1.807, 2.05) is 12.1 Å². The number of nitrogens with zero attached hydrogens (tertiary/aromatic N) is 1. The van der Waals surface area contributed by atoms with Crippen molar-refractivity contribution in [1.29, 1.82) is 0 Å². The molecule has 0 unspecified atom stereocenters. The molecule has 104 valence electrons. The lowest BCUT2D eigenvalue weighted by Gasteiger charge is -2.30. The second kappa shape index (κ2) is 5.45. The highest BCUT2D eigenvalue weighted by atomic mass is 16.6. The number of hydrogen-bond acceptors (Lipinski definition) is 3. The lowest BCUT2D eigenvalue weighted by molar-refractivity contribution is 0.171. The molecule has 1 aliphatic rings. The highest BCUT2D eigenvalue weighted by Crippen LogP contribution is 2.37. The van der Waals surface area contributed by atoms with Crippen LogP contribution in [0.2, 0.25) is 0 Å². The van der Waals surface area contributed by atoms with Crippen molar-refractivity contribution in [3.63, 3.8) is 0 Å². The van der Waals surface area contributed by atoms with Crippen LogP contribution >= 0.6 is 0 Å². The topological polar surface area (TPSA) is 21.7 Å². The summed E-state index contributed by atoms with van der Waals surface area (Å²) in [6.07, 6.45) is 0. The first-order valence-electron chi connectivity index (χ1n) is 6.99. The largest absolute Gasteiger partial charge is 0.486 e. The molecule has 0 N–H and O–H groups in total. The van der Waals surface area contributed by atoms with Crippen molar-refractivity contribution in [2.24, 2.45) is 0 Å². The fraction of sp³-hybridized carbons (Fsp3) is 0.294. The van der Waals surface area contributed by atoms with Gasteiger partial charge in [0.25, 0.3) is 0 Å². The zero-order chi connectivity index (χ0) is 13.9. The summed E-state index contributed by atoms with van der Waals surface area (Å²) in [6.45, 7) is 5.61. The van der Waals surface area contributed by atoms with Crippen LogP contribution in [-0.2, 0) is 0 Å². The lowest BCUT2D eigenvalue weighted by atomic mass is 10.1. The zero-order valence-corrected chi connectivity index (χ0v) is 11.9. The second-order valence-corrected chi connectivity index (χ2v) is 5.13. The van der Waals surface area contributed by atoms with Crippen molar-refractivity contribution >= 4 is 11.4 Å². The Kier molecular flexibility index (Phi) is 3.50. The summed E-state index contributed by atoms with van der Waals surface area (Å²) >= 11 is 0. The predicted molar refractivity (Wildman–Crippen MR) is 81.1 cm³/mol. The molecule has 2 aromatic carbocycles. The molecule has 3 rings (SSSR count). The highest BCUT2D eigenvalue weighted by molar-refractivity contribution is 5.67. The van der Waals surface area contributed by atoms with E-state index in [-0.39, 0.29) is 0 Å². The van der Waals surface area contributed by atoms with Gasteiger partial charge in [-0.15, -0.1) is 0 Å². The molecule has 0 saturated heterocycles. The Morgan fingerprint density at radius 2 is 1.55 bits per heavy atom. The third-order valence-corrected chi connectivity index (χ3v) is 3.35. The molecule has 0 bridgehead atoms. The van der Waals surface area contributed by atoms with Crippen molar-refractivity contribution in [1.82, 2.24) is 0 Å². The van der Waals surface area contributed by atoms with Crippen molar-refractivity contribution < 1.29 is 9.47 Å². The van der Waals surface area contributed by atoms with E-state index in [1.165, 1.54) is 5.69 Å². The number of hydrogen-bond donors (Lipinski definition) is 0. The molecule has 0 spiro atoms. The lowest BCUT2D eigenvalue weighted by Crippen LogP contribution is -2.25. The molecule has 0 amide bonds. The average molecular weight is 269 g/mol. The molecule has 0 radical (unpaired) electrons. The Balaban J connectivity index is 2.00. The summed E-state index contributed by atoms with van der Waals surface area (Å²) in [5.41, 5.74) is 2.30. The molecule has 3 heteroatoms. The molecular formula is C17H19NO2. The smallest absolute Gasteiger partial charge is 0.163 e. The standard InChI is InChI=1S/C17H19NO2/c1-13(2)18(14-6-4-3-5-7-14)15-8-9-16-17(12-15)20-11-10-19-16/h3-9,12-13H,10-11H2,1-2H3. The maximum atomic E-state index is 5.68.